The summed E-state index contributed by atoms with van der Waals surface area (Å²) in [4.78, 5) is 12.4. The van der Waals surface area contributed by atoms with E-state index in [0.29, 0.717) is 23.8 Å². The van der Waals surface area contributed by atoms with Crippen LogP contribution < -0.4 is 24.8 Å². The minimum absolute atomic E-state index is 0.297. The van der Waals surface area contributed by atoms with E-state index in [2.05, 4.69) is 10.6 Å². The first kappa shape index (κ1) is 19.4. The summed E-state index contributed by atoms with van der Waals surface area (Å²) in [6.07, 6.45) is 0. The molecule has 2 amide bonds. The van der Waals surface area contributed by atoms with Crippen LogP contribution in [0.25, 0.3) is 0 Å². The zero-order chi connectivity index (χ0) is 19.2. The van der Waals surface area contributed by atoms with Gasteiger partial charge in [0.05, 0.1) is 26.4 Å². The number of rotatable bonds is 7. The van der Waals surface area contributed by atoms with Gasteiger partial charge in [-0.05, 0) is 62.7 Å². The minimum Gasteiger partial charge on any atom is -0.494 e. The maximum Gasteiger partial charge on any atom is 0.319 e. The molecule has 0 saturated carbocycles. The highest BCUT2D eigenvalue weighted by molar-refractivity contribution is 5.89. The Morgan fingerprint density at radius 1 is 1.00 bits per heavy atom. The number of benzene rings is 2. The number of hydrogen-bond acceptors (Lipinski definition) is 4. The van der Waals surface area contributed by atoms with Crippen molar-refractivity contribution in [1.82, 2.24) is 5.32 Å². The van der Waals surface area contributed by atoms with E-state index in [-0.39, 0.29) is 6.03 Å². The summed E-state index contributed by atoms with van der Waals surface area (Å²) in [5, 5.41) is 5.80. The summed E-state index contributed by atoms with van der Waals surface area (Å²) in [5.41, 5.74) is 0.987. The monoisotopic (exact) mass is 358 g/mol. The smallest absolute Gasteiger partial charge is 0.319 e. The molecule has 26 heavy (non-hydrogen) atoms. The second kappa shape index (κ2) is 8.47. The first-order valence-corrected chi connectivity index (χ1v) is 8.44. The van der Waals surface area contributed by atoms with Crippen molar-refractivity contribution in [2.75, 3.05) is 26.1 Å². The third-order valence-electron chi connectivity index (χ3n) is 3.95. The number of carbonyl (C=O) groups excluding carboxylic acids is 1. The molecule has 2 aromatic carbocycles. The van der Waals surface area contributed by atoms with Crippen molar-refractivity contribution in [3.05, 3.63) is 48.0 Å². The van der Waals surface area contributed by atoms with E-state index in [4.69, 9.17) is 14.2 Å². The number of amides is 2. The van der Waals surface area contributed by atoms with E-state index in [1.54, 1.807) is 26.4 Å². The molecule has 140 valence electrons. The highest BCUT2D eigenvalue weighted by Gasteiger charge is 2.24. The van der Waals surface area contributed by atoms with Gasteiger partial charge in [0.15, 0.2) is 11.5 Å². The van der Waals surface area contributed by atoms with Gasteiger partial charge in [0.2, 0.25) is 0 Å². The summed E-state index contributed by atoms with van der Waals surface area (Å²) >= 11 is 0. The fourth-order valence-electron chi connectivity index (χ4n) is 2.54. The van der Waals surface area contributed by atoms with Gasteiger partial charge >= 0.3 is 6.03 Å². The topological polar surface area (TPSA) is 68.8 Å². The van der Waals surface area contributed by atoms with Crippen LogP contribution in [0.1, 0.15) is 26.3 Å². The van der Waals surface area contributed by atoms with Crippen LogP contribution in [0.4, 0.5) is 10.5 Å². The van der Waals surface area contributed by atoms with Crippen molar-refractivity contribution in [1.29, 1.82) is 0 Å². The molecule has 0 spiro atoms. The highest BCUT2D eigenvalue weighted by atomic mass is 16.5. The van der Waals surface area contributed by atoms with Crippen LogP contribution in [-0.4, -0.2) is 26.9 Å². The van der Waals surface area contributed by atoms with Gasteiger partial charge in [-0.15, -0.1) is 0 Å². The molecule has 2 N–H and O–H groups in total. The molecule has 0 fully saturated rings. The number of carbonyl (C=O) groups is 1. The zero-order valence-electron chi connectivity index (χ0n) is 15.9. The molecule has 0 atom stereocenters. The summed E-state index contributed by atoms with van der Waals surface area (Å²) < 4.78 is 16.0. The van der Waals surface area contributed by atoms with Crippen LogP contribution in [0.3, 0.4) is 0 Å². The fourth-order valence-corrected chi connectivity index (χ4v) is 2.54. The second-order valence-electron chi connectivity index (χ2n) is 6.23. The first-order valence-electron chi connectivity index (χ1n) is 8.44. The molecule has 0 aliphatic rings. The molecule has 2 aromatic rings. The van der Waals surface area contributed by atoms with Gasteiger partial charge in [0.1, 0.15) is 5.75 Å². The quantitative estimate of drug-likeness (QED) is 0.780. The zero-order valence-corrected chi connectivity index (χ0v) is 15.9. The highest BCUT2D eigenvalue weighted by Crippen LogP contribution is 2.32. The molecule has 0 bridgehead atoms. The summed E-state index contributed by atoms with van der Waals surface area (Å²) in [7, 11) is 3.17. The van der Waals surface area contributed by atoms with Gasteiger partial charge in [0, 0.05) is 5.69 Å². The maximum atomic E-state index is 12.4. The molecular weight excluding hydrogens is 332 g/mol. The number of urea groups is 1. The van der Waals surface area contributed by atoms with Crippen LogP contribution in [0.2, 0.25) is 0 Å². The molecule has 2 rings (SSSR count). The predicted octanol–water partition coefficient (Wildman–Crippen LogP) is 4.16. The molecule has 6 heteroatoms. The van der Waals surface area contributed by atoms with E-state index in [0.717, 1.165) is 11.3 Å². The van der Waals surface area contributed by atoms with Gasteiger partial charge < -0.3 is 24.8 Å². The Morgan fingerprint density at radius 2 is 1.65 bits per heavy atom. The molecule has 0 heterocycles. The number of nitrogens with one attached hydrogen (secondary N) is 2. The Morgan fingerprint density at radius 3 is 2.23 bits per heavy atom. The second-order valence-corrected chi connectivity index (χ2v) is 6.23. The molecule has 0 unspecified atom stereocenters. The third-order valence-corrected chi connectivity index (χ3v) is 3.95. The maximum absolute atomic E-state index is 12.4. The van der Waals surface area contributed by atoms with Gasteiger partial charge in [-0.2, -0.15) is 0 Å². The Balaban J connectivity index is 2.06. The Labute approximate surface area is 154 Å². The lowest BCUT2D eigenvalue weighted by atomic mass is 9.94. The van der Waals surface area contributed by atoms with Crippen molar-refractivity contribution in [3.63, 3.8) is 0 Å². The number of methoxy groups -OCH3 is 2. The summed E-state index contributed by atoms with van der Waals surface area (Å²) in [6, 6.07) is 12.5. The lowest BCUT2D eigenvalue weighted by Gasteiger charge is -2.27. The molecule has 0 aliphatic heterocycles. The molecule has 0 aliphatic carbocycles. The normalized spacial score (nSPS) is 10.8. The molecule has 0 aromatic heterocycles. The van der Waals surface area contributed by atoms with E-state index in [1.165, 1.54) is 0 Å². The average molecular weight is 358 g/mol. The number of anilines is 1. The Hall–Kier alpha value is -2.89. The van der Waals surface area contributed by atoms with E-state index in [1.807, 2.05) is 51.1 Å². The third kappa shape index (κ3) is 4.81. The van der Waals surface area contributed by atoms with Gasteiger partial charge in [-0.3, -0.25) is 0 Å². The lowest BCUT2D eigenvalue weighted by molar-refractivity contribution is 0.241. The first-order chi connectivity index (χ1) is 12.4. The Kier molecular flexibility index (Phi) is 6.33. The largest absolute Gasteiger partial charge is 0.494 e. The lowest BCUT2D eigenvalue weighted by Crippen LogP contribution is -2.43. The van der Waals surface area contributed by atoms with E-state index >= 15 is 0 Å². The van der Waals surface area contributed by atoms with Crippen LogP contribution in [0, 0.1) is 0 Å². The predicted molar refractivity (Wildman–Crippen MR) is 102 cm³/mol. The van der Waals surface area contributed by atoms with Gasteiger partial charge in [-0.25, -0.2) is 4.79 Å². The summed E-state index contributed by atoms with van der Waals surface area (Å²) in [5.74, 6) is 2.03. The molecule has 0 radical (unpaired) electrons. The summed E-state index contributed by atoms with van der Waals surface area (Å²) in [6.45, 7) is 6.38. The van der Waals surface area contributed by atoms with Crippen molar-refractivity contribution in [2.45, 2.75) is 26.3 Å². The number of ether oxygens (including phenoxy) is 3. The SMILES string of the molecule is CCOc1ccc(NC(=O)NC(C)(C)c2ccc(OC)c(OC)c2)cc1. The minimum atomic E-state index is -0.602. The average Bonchev–Trinajstić information content (AvgIpc) is 2.62. The standard InChI is InChI=1S/C20H26N2O4/c1-6-26-16-10-8-15(9-11-16)21-19(23)22-20(2,3)14-7-12-17(24-4)18(13-14)25-5/h7-13H,6H2,1-5H3,(H2,21,22,23). The van der Waals surface area contributed by atoms with Crippen LogP contribution in [-0.2, 0) is 5.54 Å². The van der Waals surface area contributed by atoms with Crippen molar-refractivity contribution < 1.29 is 19.0 Å². The van der Waals surface area contributed by atoms with Crippen molar-refractivity contribution in [3.8, 4) is 17.2 Å². The van der Waals surface area contributed by atoms with Crippen LogP contribution in [0.15, 0.2) is 42.5 Å². The van der Waals surface area contributed by atoms with Crippen molar-refractivity contribution >= 4 is 11.7 Å². The Bertz CT molecular complexity index is 742. The van der Waals surface area contributed by atoms with E-state index < -0.39 is 5.54 Å². The molecular formula is C20H26N2O4. The number of hydrogen-bond donors (Lipinski definition) is 2. The van der Waals surface area contributed by atoms with E-state index in [9.17, 15) is 4.79 Å². The molecule has 6 nitrogen and oxygen atoms in total. The van der Waals surface area contributed by atoms with Crippen molar-refractivity contribution in [2.24, 2.45) is 0 Å². The van der Waals surface area contributed by atoms with Gasteiger partial charge in [0.25, 0.3) is 0 Å². The van der Waals surface area contributed by atoms with Gasteiger partial charge in [-0.1, -0.05) is 6.07 Å². The fraction of sp³-hybridized carbons (Fsp3) is 0.350. The van der Waals surface area contributed by atoms with Crippen LogP contribution >= 0.6 is 0 Å². The molecule has 0 saturated heterocycles. The van der Waals surface area contributed by atoms with Crippen LogP contribution in [0.5, 0.6) is 17.2 Å².